The van der Waals surface area contributed by atoms with E-state index in [9.17, 15) is 9.59 Å². The molecule has 1 unspecified atom stereocenters. The number of rotatable bonds is 2. The van der Waals surface area contributed by atoms with Crippen molar-refractivity contribution in [3.63, 3.8) is 0 Å². The summed E-state index contributed by atoms with van der Waals surface area (Å²) in [5.74, 6) is 0.408. The summed E-state index contributed by atoms with van der Waals surface area (Å²) < 4.78 is 0. The van der Waals surface area contributed by atoms with Crippen LogP contribution in [0, 0.1) is 5.41 Å². The predicted octanol–water partition coefficient (Wildman–Crippen LogP) is 0.933. The van der Waals surface area contributed by atoms with Crippen LogP contribution in [0.3, 0.4) is 0 Å². The predicted molar refractivity (Wildman–Crippen MR) is 90.6 cm³/mol. The Labute approximate surface area is 141 Å². The molecule has 0 aliphatic carbocycles. The molecule has 0 radical (unpaired) electrons. The minimum atomic E-state index is -0.00884. The first-order valence-electron chi connectivity index (χ1n) is 8.26. The van der Waals surface area contributed by atoms with Gasteiger partial charge in [-0.25, -0.2) is 9.97 Å². The first-order valence-corrected chi connectivity index (χ1v) is 8.26. The van der Waals surface area contributed by atoms with Crippen LogP contribution in [0.2, 0.25) is 0 Å². The molecule has 1 aromatic rings. The van der Waals surface area contributed by atoms with Crippen LogP contribution in [-0.4, -0.2) is 58.3 Å². The Morgan fingerprint density at radius 2 is 2.04 bits per heavy atom. The van der Waals surface area contributed by atoms with Crippen molar-refractivity contribution in [1.82, 2.24) is 19.8 Å². The third kappa shape index (κ3) is 3.55. The van der Waals surface area contributed by atoms with E-state index >= 15 is 0 Å². The number of nitrogens with zero attached hydrogens (tertiary/aromatic N) is 4. The summed E-state index contributed by atoms with van der Waals surface area (Å²) in [4.78, 5) is 35.7. The largest absolute Gasteiger partial charge is 0.368 e. The third-order valence-corrected chi connectivity index (χ3v) is 4.95. The smallest absolute Gasteiger partial charge is 0.246 e. The maximum absolute atomic E-state index is 12.5. The van der Waals surface area contributed by atoms with Gasteiger partial charge in [-0.3, -0.25) is 9.59 Å². The summed E-state index contributed by atoms with van der Waals surface area (Å²) in [6.45, 7) is 2.22. The molecule has 3 heterocycles. The molecule has 7 nitrogen and oxygen atoms in total. The Balaban J connectivity index is 1.65. The lowest BCUT2D eigenvalue weighted by atomic mass is 9.73. The topological polar surface area (TPSA) is 92.4 Å². The number of amides is 2. The molecule has 1 spiro atoms. The summed E-state index contributed by atoms with van der Waals surface area (Å²) in [7, 11) is 1.85. The molecule has 2 amide bonds. The fraction of sp³-hybridized carbons (Fsp3) is 0.529. The van der Waals surface area contributed by atoms with Crippen LogP contribution in [0.1, 0.15) is 31.2 Å². The molecule has 2 fully saturated rings. The summed E-state index contributed by atoms with van der Waals surface area (Å²) in [6, 6.07) is 0. The number of carbonyl (C=O) groups excluding carboxylic acids is 2. The first kappa shape index (κ1) is 16.4. The zero-order chi connectivity index (χ0) is 17.2. The molecule has 1 atom stereocenters. The highest BCUT2D eigenvalue weighted by Crippen LogP contribution is 2.38. The lowest BCUT2D eigenvalue weighted by molar-refractivity contribution is -0.139. The average molecular weight is 329 g/mol. The van der Waals surface area contributed by atoms with Crippen LogP contribution in [0.5, 0.6) is 0 Å². The van der Waals surface area contributed by atoms with Gasteiger partial charge >= 0.3 is 0 Å². The van der Waals surface area contributed by atoms with Crippen molar-refractivity contribution in [2.24, 2.45) is 5.41 Å². The molecule has 2 N–H and O–H groups in total. The number of likely N-dealkylation sites (tertiary alicyclic amines) is 2. The average Bonchev–Trinajstić information content (AvgIpc) is 2.58. The Morgan fingerprint density at radius 1 is 1.29 bits per heavy atom. The number of nitrogen functional groups attached to an aromatic ring is 1. The first-order chi connectivity index (χ1) is 11.5. The van der Waals surface area contributed by atoms with Gasteiger partial charge in [-0.05, 0) is 25.3 Å². The Morgan fingerprint density at radius 3 is 2.75 bits per heavy atom. The number of hydrogen-bond donors (Lipinski definition) is 1. The van der Waals surface area contributed by atoms with Gasteiger partial charge < -0.3 is 15.5 Å². The fourth-order valence-electron chi connectivity index (χ4n) is 3.67. The van der Waals surface area contributed by atoms with E-state index in [4.69, 9.17) is 5.73 Å². The summed E-state index contributed by atoms with van der Waals surface area (Å²) in [5, 5.41) is 0. The zero-order valence-corrected chi connectivity index (χ0v) is 13.9. The maximum Gasteiger partial charge on any atom is 0.246 e. The van der Waals surface area contributed by atoms with E-state index in [0.717, 1.165) is 37.9 Å². The van der Waals surface area contributed by atoms with Crippen molar-refractivity contribution in [2.75, 3.05) is 32.4 Å². The highest BCUT2D eigenvalue weighted by atomic mass is 16.2. The Bertz CT molecular complexity index is 657. The van der Waals surface area contributed by atoms with Gasteiger partial charge in [0.25, 0.3) is 0 Å². The van der Waals surface area contributed by atoms with Gasteiger partial charge in [-0.1, -0.05) is 0 Å². The Kier molecular flexibility index (Phi) is 4.51. The van der Waals surface area contributed by atoms with Crippen molar-refractivity contribution in [3.8, 4) is 0 Å². The van der Waals surface area contributed by atoms with Gasteiger partial charge in [0, 0.05) is 62.6 Å². The fourth-order valence-corrected chi connectivity index (χ4v) is 3.67. The lowest BCUT2D eigenvalue weighted by Crippen LogP contribution is -2.53. The van der Waals surface area contributed by atoms with Crippen molar-refractivity contribution in [3.05, 3.63) is 24.0 Å². The molecule has 0 saturated carbocycles. The SMILES string of the molecule is CN1CC2(CCCN(C(=O)/C=C/c3cnc(N)nc3)C2)CCC1=O. The second kappa shape index (κ2) is 6.59. The number of aromatic nitrogens is 2. The normalized spacial score (nSPS) is 24.8. The summed E-state index contributed by atoms with van der Waals surface area (Å²) in [5.41, 5.74) is 6.24. The van der Waals surface area contributed by atoms with E-state index in [1.54, 1.807) is 29.4 Å². The molecule has 0 bridgehead atoms. The summed E-state index contributed by atoms with van der Waals surface area (Å²) >= 11 is 0. The van der Waals surface area contributed by atoms with E-state index in [1.165, 1.54) is 0 Å². The molecular formula is C17H23N5O2. The van der Waals surface area contributed by atoms with Crippen molar-refractivity contribution in [1.29, 1.82) is 0 Å². The minimum Gasteiger partial charge on any atom is -0.368 e. The highest BCUT2D eigenvalue weighted by Gasteiger charge is 2.41. The van der Waals surface area contributed by atoms with Gasteiger partial charge in [-0.2, -0.15) is 0 Å². The molecule has 3 rings (SSSR count). The van der Waals surface area contributed by atoms with Crippen LogP contribution in [0.25, 0.3) is 6.08 Å². The second-order valence-corrected chi connectivity index (χ2v) is 6.82. The van der Waals surface area contributed by atoms with Crippen LogP contribution in [-0.2, 0) is 9.59 Å². The van der Waals surface area contributed by atoms with Gasteiger partial charge in [0.15, 0.2) is 0 Å². The maximum atomic E-state index is 12.5. The molecule has 24 heavy (non-hydrogen) atoms. The van der Waals surface area contributed by atoms with E-state index in [2.05, 4.69) is 9.97 Å². The van der Waals surface area contributed by atoms with Crippen molar-refractivity contribution < 1.29 is 9.59 Å². The van der Waals surface area contributed by atoms with Crippen LogP contribution >= 0.6 is 0 Å². The van der Waals surface area contributed by atoms with E-state index in [-0.39, 0.29) is 23.2 Å². The van der Waals surface area contributed by atoms with Crippen LogP contribution < -0.4 is 5.73 Å². The van der Waals surface area contributed by atoms with E-state index in [1.807, 2.05) is 11.9 Å². The monoisotopic (exact) mass is 329 g/mol. The quantitative estimate of drug-likeness (QED) is 0.815. The van der Waals surface area contributed by atoms with E-state index < -0.39 is 0 Å². The number of hydrogen-bond acceptors (Lipinski definition) is 5. The molecule has 2 aliphatic rings. The number of nitrogens with two attached hydrogens (primary N) is 1. The zero-order valence-electron chi connectivity index (χ0n) is 13.9. The van der Waals surface area contributed by atoms with Gasteiger partial charge in [0.2, 0.25) is 17.8 Å². The van der Waals surface area contributed by atoms with Crippen molar-refractivity contribution in [2.45, 2.75) is 25.7 Å². The lowest BCUT2D eigenvalue weighted by Gasteiger charge is -2.47. The molecule has 128 valence electrons. The Hall–Kier alpha value is -2.44. The number of piperidine rings is 2. The molecule has 0 aromatic carbocycles. The van der Waals surface area contributed by atoms with Crippen molar-refractivity contribution >= 4 is 23.8 Å². The van der Waals surface area contributed by atoms with Gasteiger partial charge in [0.1, 0.15) is 0 Å². The summed E-state index contributed by atoms with van der Waals surface area (Å²) in [6.07, 6.45) is 9.95. The molecular weight excluding hydrogens is 306 g/mol. The number of anilines is 1. The molecule has 1 aromatic heterocycles. The minimum absolute atomic E-state index is 0.00884. The molecule has 2 aliphatic heterocycles. The molecule has 7 heteroatoms. The third-order valence-electron chi connectivity index (χ3n) is 4.95. The van der Waals surface area contributed by atoms with Crippen LogP contribution in [0.4, 0.5) is 5.95 Å². The van der Waals surface area contributed by atoms with E-state index in [0.29, 0.717) is 13.0 Å². The number of carbonyl (C=O) groups is 2. The molecule has 2 saturated heterocycles. The van der Waals surface area contributed by atoms with Gasteiger partial charge in [0.05, 0.1) is 0 Å². The van der Waals surface area contributed by atoms with Gasteiger partial charge in [-0.15, -0.1) is 0 Å². The second-order valence-electron chi connectivity index (χ2n) is 6.82. The highest BCUT2D eigenvalue weighted by molar-refractivity contribution is 5.91. The standard InChI is InChI=1S/C17H23N5O2/c1-21-11-17(7-5-14(21)23)6-2-8-22(12-17)15(24)4-3-13-9-19-16(18)20-10-13/h3-4,9-10H,2,5-8,11-12H2,1H3,(H2,18,19,20)/b4-3+. The van der Waals surface area contributed by atoms with Crippen LogP contribution in [0.15, 0.2) is 18.5 Å².